The van der Waals surface area contributed by atoms with E-state index in [2.05, 4.69) is 151 Å². The van der Waals surface area contributed by atoms with E-state index in [0.717, 1.165) is 55.9 Å². The zero-order valence-corrected chi connectivity index (χ0v) is 29.5. The van der Waals surface area contributed by atoms with Crippen molar-refractivity contribution in [3.8, 4) is 67.3 Å². The van der Waals surface area contributed by atoms with Crippen LogP contribution in [0.3, 0.4) is 0 Å². The molecule has 0 atom stereocenters. The van der Waals surface area contributed by atoms with Gasteiger partial charge in [-0.05, 0) is 98.8 Å². The van der Waals surface area contributed by atoms with E-state index in [9.17, 15) is 0 Å². The molecule has 10 rings (SSSR count). The molecule has 248 valence electrons. The first-order chi connectivity index (χ1) is 26.2. The van der Waals surface area contributed by atoms with Gasteiger partial charge in [-0.1, -0.05) is 121 Å². The highest BCUT2D eigenvalue weighted by molar-refractivity contribution is 7.26. The zero-order chi connectivity index (χ0) is 35.1. The average Bonchev–Trinajstić information content (AvgIpc) is 3.63. The van der Waals surface area contributed by atoms with Gasteiger partial charge in [0.25, 0.3) is 0 Å². The molecule has 3 aromatic heterocycles. The first-order valence-corrected chi connectivity index (χ1v) is 18.6. The summed E-state index contributed by atoms with van der Waals surface area (Å²) < 4.78 is 2.58. The van der Waals surface area contributed by atoms with E-state index in [1.54, 1.807) is 0 Å². The van der Waals surface area contributed by atoms with Crippen molar-refractivity contribution in [3.63, 3.8) is 0 Å². The molecule has 0 spiro atoms. The Bertz CT molecular complexity index is 2950. The van der Waals surface area contributed by atoms with Crippen molar-refractivity contribution >= 4 is 42.3 Å². The van der Waals surface area contributed by atoms with Crippen LogP contribution in [0, 0.1) is 0 Å². The molecule has 10 aromatic rings. The third-order valence-corrected chi connectivity index (χ3v) is 11.2. The summed E-state index contributed by atoms with van der Waals surface area (Å²) in [5.41, 5.74) is 11.7. The maximum atomic E-state index is 5.28. The molecule has 0 unspecified atom stereocenters. The van der Waals surface area contributed by atoms with Gasteiger partial charge in [-0.2, -0.15) is 0 Å². The Hall–Kier alpha value is -6.75. The lowest BCUT2D eigenvalue weighted by molar-refractivity contribution is 1.18. The molecule has 3 heterocycles. The Labute approximate surface area is 311 Å². The molecular weight excluding hydrogens is 663 g/mol. The molecule has 0 fully saturated rings. The van der Waals surface area contributed by atoms with Crippen LogP contribution in [0.5, 0.6) is 0 Å². The van der Waals surface area contributed by atoms with Crippen LogP contribution in [0.2, 0.25) is 0 Å². The SMILES string of the molecule is c1ccc(-c2nc(-c3cccc(-c4ccncc4)c3)cc(-c3cc(-c4ccc5ccccc5c4)cc(-c4cccc5c4sc4ccccc45)c3)n2)cc1. The lowest BCUT2D eigenvalue weighted by Gasteiger charge is -2.14. The Kier molecular flexibility index (Phi) is 7.67. The van der Waals surface area contributed by atoms with Gasteiger partial charge in [0.05, 0.1) is 11.4 Å². The highest BCUT2D eigenvalue weighted by Gasteiger charge is 2.16. The highest BCUT2D eigenvalue weighted by Crippen LogP contribution is 2.42. The van der Waals surface area contributed by atoms with Crippen LogP contribution in [0.15, 0.2) is 188 Å². The second kappa shape index (κ2) is 13.1. The van der Waals surface area contributed by atoms with E-state index < -0.39 is 0 Å². The fourth-order valence-corrected chi connectivity index (χ4v) is 8.54. The van der Waals surface area contributed by atoms with Crippen LogP contribution in [-0.4, -0.2) is 15.0 Å². The molecule has 0 bridgehead atoms. The number of thiophene rings is 1. The molecule has 0 saturated carbocycles. The number of rotatable bonds is 6. The van der Waals surface area contributed by atoms with Crippen molar-refractivity contribution in [1.82, 2.24) is 15.0 Å². The maximum absolute atomic E-state index is 5.28. The Morgan fingerprint density at radius 2 is 1.00 bits per heavy atom. The number of hydrogen-bond donors (Lipinski definition) is 0. The predicted molar refractivity (Wildman–Crippen MR) is 223 cm³/mol. The fourth-order valence-electron chi connectivity index (χ4n) is 7.30. The third kappa shape index (κ3) is 5.85. The molecule has 0 radical (unpaired) electrons. The summed E-state index contributed by atoms with van der Waals surface area (Å²) in [5.74, 6) is 0.691. The first kappa shape index (κ1) is 31.0. The summed E-state index contributed by atoms with van der Waals surface area (Å²) in [6.45, 7) is 0. The van der Waals surface area contributed by atoms with Crippen LogP contribution in [0.1, 0.15) is 0 Å². The minimum absolute atomic E-state index is 0.691. The van der Waals surface area contributed by atoms with E-state index >= 15 is 0 Å². The number of benzene rings is 7. The third-order valence-electron chi connectivity index (χ3n) is 9.96. The summed E-state index contributed by atoms with van der Waals surface area (Å²) in [4.78, 5) is 14.7. The second-order valence-corrected chi connectivity index (χ2v) is 14.3. The van der Waals surface area contributed by atoms with Gasteiger partial charge in [-0.25, -0.2) is 9.97 Å². The van der Waals surface area contributed by atoms with E-state index in [1.807, 2.05) is 54.1 Å². The van der Waals surface area contributed by atoms with Crippen molar-refractivity contribution in [1.29, 1.82) is 0 Å². The van der Waals surface area contributed by atoms with Crippen LogP contribution in [0.4, 0.5) is 0 Å². The van der Waals surface area contributed by atoms with Crippen LogP contribution < -0.4 is 0 Å². The second-order valence-electron chi connectivity index (χ2n) is 13.3. The molecular formula is C49H31N3S. The monoisotopic (exact) mass is 693 g/mol. The topological polar surface area (TPSA) is 38.7 Å². The van der Waals surface area contributed by atoms with Gasteiger partial charge in [-0.15, -0.1) is 11.3 Å². The highest BCUT2D eigenvalue weighted by atomic mass is 32.1. The number of hydrogen-bond acceptors (Lipinski definition) is 4. The lowest BCUT2D eigenvalue weighted by atomic mass is 9.93. The molecule has 0 aliphatic heterocycles. The van der Waals surface area contributed by atoms with Gasteiger partial charge in [0.1, 0.15) is 0 Å². The van der Waals surface area contributed by atoms with Gasteiger partial charge in [0.2, 0.25) is 0 Å². The van der Waals surface area contributed by atoms with E-state index in [0.29, 0.717) is 5.82 Å². The van der Waals surface area contributed by atoms with E-state index in [4.69, 9.17) is 9.97 Å². The van der Waals surface area contributed by atoms with Gasteiger partial charge >= 0.3 is 0 Å². The molecule has 7 aromatic carbocycles. The molecule has 53 heavy (non-hydrogen) atoms. The molecule has 0 aliphatic rings. The van der Waals surface area contributed by atoms with E-state index in [1.165, 1.54) is 36.5 Å². The normalized spacial score (nSPS) is 11.4. The molecule has 0 amide bonds. The van der Waals surface area contributed by atoms with E-state index in [-0.39, 0.29) is 0 Å². The summed E-state index contributed by atoms with van der Waals surface area (Å²) in [7, 11) is 0. The molecule has 4 heteroatoms. The lowest BCUT2D eigenvalue weighted by Crippen LogP contribution is -1.97. The number of nitrogens with zero attached hydrogens (tertiary/aromatic N) is 3. The average molecular weight is 694 g/mol. The fraction of sp³-hybridized carbons (Fsp3) is 0. The van der Waals surface area contributed by atoms with Crippen LogP contribution in [0.25, 0.3) is 98.2 Å². The largest absolute Gasteiger partial charge is 0.265 e. The zero-order valence-electron chi connectivity index (χ0n) is 28.6. The smallest absolute Gasteiger partial charge is 0.160 e. The van der Waals surface area contributed by atoms with Crippen molar-refractivity contribution in [3.05, 3.63) is 188 Å². The van der Waals surface area contributed by atoms with Gasteiger partial charge in [0, 0.05) is 49.3 Å². The molecule has 3 nitrogen and oxygen atoms in total. The van der Waals surface area contributed by atoms with Crippen molar-refractivity contribution in [2.24, 2.45) is 0 Å². The molecule has 0 N–H and O–H groups in total. The minimum atomic E-state index is 0.691. The van der Waals surface area contributed by atoms with Crippen molar-refractivity contribution in [2.45, 2.75) is 0 Å². The number of fused-ring (bicyclic) bond motifs is 4. The van der Waals surface area contributed by atoms with Crippen molar-refractivity contribution in [2.75, 3.05) is 0 Å². The predicted octanol–water partition coefficient (Wildman–Crippen LogP) is 13.4. The maximum Gasteiger partial charge on any atom is 0.160 e. The minimum Gasteiger partial charge on any atom is -0.265 e. The Morgan fingerprint density at radius 1 is 0.358 bits per heavy atom. The van der Waals surface area contributed by atoms with Crippen molar-refractivity contribution < 1.29 is 0 Å². The molecule has 0 aliphatic carbocycles. The van der Waals surface area contributed by atoms with Crippen LogP contribution >= 0.6 is 11.3 Å². The number of aromatic nitrogens is 3. The summed E-state index contributed by atoms with van der Waals surface area (Å²) in [5, 5.41) is 5.02. The Morgan fingerprint density at radius 3 is 1.89 bits per heavy atom. The van der Waals surface area contributed by atoms with Gasteiger partial charge in [-0.3, -0.25) is 4.98 Å². The number of pyridine rings is 1. The van der Waals surface area contributed by atoms with Gasteiger partial charge < -0.3 is 0 Å². The molecule has 0 saturated heterocycles. The standard InChI is InChI=1S/C49H31N3S/c1-2-11-34(12-3-1)49-51-45(38-15-8-14-36(27-38)33-22-24-50-25-23-33)31-46(52-49)41-29-39(37-21-20-32-10-4-5-13-35(32)26-37)28-40(30-41)42-17-9-18-44-43-16-6-7-19-47(43)53-48(42)44/h1-31H. The van der Waals surface area contributed by atoms with Gasteiger partial charge in [0.15, 0.2) is 5.82 Å². The quantitative estimate of drug-likeness (QED) is 0.174. The van der Waals surface area contributed by atoms with Crippen LogP contribution in [-0.2, 0) is 0 Å². The summed E-state index contributed by atoms with van der Waals surface area (Å²) in [6, 6.07) is 62.7. The summed E-state index contributed by atoms with van der Waals surface area (Å²) in [6.07, 6.45) is 3.66. The summed E-state index contributed by atoms with van der Waals surface area (Å²) >= 11 is 1.86. The first-order valence-electron chi connectivity index (χ1n) is 17.7. The Balaban J connectivity index is 1.21.